The normalized spacial score (nSPS) is 12.7. The predicted octanol–water partition coefficient (Wildman–Crippen LogP) is 4.39. The number of esters is 1. The van der Waals surface area contributed by atoms with E-state index in [0.717, 1.165) is 41.3 Å². The van der Waals surface area contributed by atoms with Crippen molar-refractivity contribution in [2.75, 3.05) is 19.4 Å². The maximum absolute atomic E-state index is 15.0. The first-order valence-electron chi connectivity index (χ1n) is 12.1. The van der Waals surface area contributed by atoms with E-state index in [0.29, 0.717) is 17.7 Å². The van der Waals surface area contributed by atoms with Crippen molar-refractivity contribution in [3.8, 4) is 11.1 Å². The van der Waals surface area contributed by atoms with Gasteiger partial charge in [0.05, 0.1) is 24.1 Å². The lowest BCUT2D eigenvalue weighted by Crippen LogP contribution is -2.07. The topological polar surface area (TPSA) is 120 Å². The van der Waals surface area contributed by atoms with Crippen LogP contribution < -0.4 is 5.73 Å². The lowest BCUT2D eigenvalue weighted by Gasteiger charge is -2.12. The molecule has 1 unspecified atom stereocenters. The summed E-state index contributed by atoms with van der Waals surface area (Å²) in [7, 11) is -3.41. The summed E-state index contributed by atoms with van der Waals surface area (Å²) in [4.78, 5) is 16.2. The summed E-state index contributed by atoms with van der Waals surface area (Å²) in [6, 6.07) is 10.1. The fraction of sp³-hybridized carbons (Fsp3) is 0.333. The number of halogens is 1. The van der Waals surface area contributed by atoms with Crippen LogP contribution in [0.1, 0.15) is 53.4 Å². The van der Waals surface area contributed by atoms with Gasteiger partial charge in [0, 0.05) is 41.4 Å². The average molecular weight is 527 g/mol. The van der Waals surface area contributed by atoms with Gasteiger partial charge < -0.3 is 15.5 Å². The summed E-state index contributed by atoms with van der Waals surface area (Å²) in [5.41, 5.74) is 9.55. The molecule has 10 heteroatoms. The van der Waals surface area contributed by atoms with Crippen molar-refractivity contribution >= 4 is 26.7 Å². The van der Waals surface area contributed by atoms with Gasteiger partial charge in [-0.1, -0.05) is 37.3 Å². The van der Waals surface area contributed by atoms with E-state index in [9.17, 15) is 17.6 Å². The number of H-pyrrole nitrogens is 1. The van der Waals surface area contributed by atoms with Crippen molar-refractivity contribution in [3.63, 3.8) is 0 Å². The Morgan fingerprint density at radius 3 is 2.73 bits per heavy atom. The number of nitrogens with one attached hydrogen (secondary N) is 1. The molecule has 0 fully saturated rings. The van der Waals surface area contributed by atoms with Crippen molar-refractivity contribution in [2.24, 2.45) is 5.73 Å². The molecule has 0 saturated heterocycles. The first kappa shape index (κ1) is 26.6. The number of nitrogens with two attached hydrogens (primary N) is 1. The molecule has 2 aromatic carbocycles. The molecule has 2 aromatic heterocycles. The molecular formula is C27H31FN4O4S. The highest BCUT2D eigenvalue weighted by Crippen LogP contribution is 2.38. The number of sulfone groups is 1. The number of nitrogens with zero attached hydrogens (tertiary/aromatic N) is 2. The van der Waals surface area contributed by atoms with Crippen molar-refractivity contribution in [1.82, 2.24) is 14.8 Å². The van der Waals surface area contributed by atoms with Crippen LogP contribution in [0.2, 0.25) is 0 Å². The van der Waals surface area contributed by atoms with Gasteiger partial charge in [0.2, 0.25) is 0 Å². The molecule has 0 aliphatic heterocycles. The second-order valence-corrected chi connectivity index (χ2v) is 11.3. The number of carbonyl (C=O) groups excluding carboxylic acids is 1. The van der Waals surface area contributed by atoms with Crippen LogP contribution in [0.25, 0.3) is 22.0 Å². The van der Waals surface area contributed by atoms with Gasteiger partial charge in [0.15, 0.2) is 9.84 Å². The standard InChI is InChI=1S/C27H31FN4O4S/c1-4-36-27(33)26-24(18-9-10-19(23(28)13-18)16-37(3,34)35)22-8-5-7-21(25(22)31-26)17(2)20-14-30-32(15-20)12-6-11-29/h5,7-10,13-15,17,31H,4,6,11-12,16,29H2,1-3H3. The molecule has 8 nitrogen and oxygen atoms in total. The van der Waals surface area contributed by atoms with Crippen LogP contribution in [0.5, 0.6) is 0 Å². The summed E-state index contributed by atoms with van der Waals surface area (Å²) >= 11 is 0. The molecule has 0 radical (unpaired) electrons. The van der Waals surface area contributed by atoms with E-state index in [1.54, 1.807) is 13.0 Å². The highest BCUT2D eigenvalue weighted by atomic mass is 32.2. The highest BCUT2D eigenvalue weighted by molar-refractivity contribution is 7.89. The van der Waals surface area contributed by atoms with Gasteiger partial charge in [-0.25, -0.2) is 17.6 Å². The summed E-state index contributed by atoms with van der Waals surface area (Å²) in [5.74, 6) is -1.66. The number of fused-ring (bicyclic) bond motifs is 1. The van der Waals surface area contributed by atoms with Crippen LogP contribution in [-0.2, 0) is 26.9 Å². The molecule has 4 aromatic rings. The number of hydrogen-bond acceptors (Lipinski definition) is 6. The second kappa shape index (κ2) is 10.9. The minimum Gasteiger partial charge on any atom is -0.461 e. The van der Waals surface area contributed by atoms with Gasteiger partial charge in [0.1, 0.15) is 11.5 Å². The molecule has 0 saturated carbocycles. The predicted molar refractivity (Wildman–Crippen MR) is 142 cm³/mol. The Bertz CT molecular complexity index is 1540. The first-order chi connectivity index (χ1) is 17.6. The number of ether oxygens (including phenoxy) is 1. The molecule has 37 heavy (non-hydrogen) atoms. The average Bonchev–Trinajstić information content (AvgIpc) is 3.48. The highest BCUT2D eigenvalue weighted by Gasteiger charge is 2.24. The molecule has 4 rings (SSSR count). The number of benzene rings is 2. The Hall–Kier alpha value is -3.50. The lowest BCUT2D eigenvalue weighted by molar-refractivity contribution is 0.0521. The van der Waals surface area contributed by atoms with Gasteiger partial charge in [-0.05, 0) is 42.6 Å². The summed E-state index contributed by atoms with van der Waals surface area (Å²) in [6.07, 6.45) is 5.70. The Balaban J connectivity index is 1.84. The number of aryl methyl sites for hydroxylation is 1. The number of para-hydroxylation sites is 1. The van der Waals surface area contributed by atoms with Crippen LogP contribution in [0.3, 0.4) is 0 Å². The number of hydrogen-bond donors (Lipinski definition) is 2. The number of aromatic amines is 1. The smallest absolute Gasteiger partial charge is 0.355 e. The largest absolute Gasteiger partial charge is 0.461 e. The third-order valence-electron chi connectivity index (χ3n) is 6.32. The zero-order valence-electron chi connectivity index (χ0n) is 21.1. The number of rotatable bonds is 10. The quantitative estimate of drug-likeness (QED) is 0.296. The molecule has 0 aliphatic carbocycles. The van der Waals surface area contributed by atoms with Crippen molar-refractivity contribution in [1.29, 1.82) is 0 Å². The molecule has 0 spiro atoms. The minimum absolute atomic E-state index is 0.0502. The van der Waals surface area contributed by atoms with E-state index in [1.807, 2.05) is 35.3 Å². The fourth-order valence-electron chi connectivity index (χ4n) is 4.52. The summed E-state index contributed by atoms with van der Waals surface area (Å²) in [5, 5.41) is 5.17. The van der Waals surface area contributed by atoms with Gasteiger partial charge in [-0.15, -0.1) is 0 Å². The third-order valence-corrected chi connectivity index (χ3v) is 7.15. The SMILES string of the molecule is CCOC(=O)c1[nH]c2c(C(C)c3cnn(CCCN)c3)cccc2c1-c1ccc(CS(C)(=O)=O)c(F)c1. The van der Waals surface area contributed by atoms with Gasteiger partial charge >= 0.3 is 5.97 Å². The van der Waals surface area contributed by atoms with E-state index in [-0.39, 0.29) is 23.8 Å². The van der Waals surface area contributed by atoms with Crippen LogP contribution >= 0.6 is 0 Å². The monoisotopic (exact) mass is 526 g/mol. The van der Waals surface area contributed by atoms with Crippen molar-refractivity contribution in [2.45, 2.75) is 38.5 Å². The molecule has 0 amide bonds. The van der Waals surface area contributed by atoms with Crippen molar-refractivity contribution < 1.29 is 22.3 Å². The van der Waals surface area contributed by atoms with E-state index >= 15 is 0 Å². The second-order valence-electron chi connectivity index (χ2n) is 9.14. The van der Waals surface area contributed by atoms with Gasteiger partial charge in [-0.2, -0.15) is 5.10 Å². The molecule has 0 aliphatic rings. The number of aromatic nitrogens is 3. The maximum atomic E-state index is 15.0. The molecule has 196 valence electrons. The Labute approximate surface area is 215 Å². The third kappa shape index (κ3) is 5.75. The fourth-order valence-corrected chi connectivity index (χ4v) is 5.32. The van der Waals surface area contributed by atoms with E-state index < -0.39 is 27.4 Å². The summed E-state index contributed by atoms with van der Waals surface area (Å²) in [6.45, 7) is 5.27. The zero-order chi connectivity index (χ0) is 26.7. The van der Waals surface area contributed by atoms with Gasteiger partial charge in [-0.3, -0.25) is 4.68 Å². The summed E-state index contributed by atoms with van der Waals surface area (Å²) < 4.78 is 45.5. The zero-order valence-corrected chi connectivity index (χ0v) is 21.9. The van der Waals surface area contributed by atoms with Crippen LogP contribution in [-0.4, -0.2) is 48.6 Å². The number of carbonyl (C=O) groups is 1. The van der Waals surface area contributed by atoms with E-state index in [2.05, 4.69) is 17.0 Å². The lowest BCUT2D eigenvalue weighted by atomic mass is 9.92. The van der Waals surface area contributed by atoms with Crippen molar-refractivity contribution in [3.05, 3.63) is 77.0 Å². The van der Waals surface area contributed by atoms with E-state index in [1.165, 1.54) is 12.1 Å². The Morgan fingerprint density at radius 1 is 1.27 bits per heavy atom. The van der Waals surface area contributed by atoms with Crippen LogP contribution in [0.15, 0.2) is 48.8 Å². The molecule has 0 bridgehead atoms. The Kier molecular flexibility index (Phi) is 7.79. The van der Waals surface area contributed by atoms with Crippen LogP contribution in [0, 0.1) is 5.82 Å². The molecule has 2 heterocycles. The maximum Gasteiger partial charge on any atom is 0.355 e. The van der Waals surface area contributed by atoms with Crippen LogP contribution in [0.4, 0.5) is 4.39 Å². The first-order valence-corrected chi connectivity index (χ1v) is 14.2. The Morgan fingerprint density at radius 2 is 2.05 bits per heavy atom. The van der Waals surface area contributed by atoms with E-state index in [4.69, 9.17) is 10.5 Å². The molecule has 3 N–H and O–H groups in total. The minimum atomic E-state index is -3.41. The molecular weight excluding hydrogens is 495 g/mol. The molecule has 1 atom stereocenters. The van der Waals surface area contributed by atoms with Gasteiger partial charge in [0.25, 0.3) is 0 Å².